The molecule has 1 aliphatic rings. The van der Waals surface area contributed by atoms with Crippen molar-refractivity contribution in [2.45, 2.75) is 58.7 Å². The van der Waals surface area contributed by atoms with Crippen LogP contribution in [0.1, 0.15) is 45.6 Å². The Hall–Kier alpha value is -1.59. The molecular formula is C22H39N5. The third-order valence-corrected chi connectivity index (χ3v) is 5.21. The second-order valence-electron chi connectivity index (χ2n) is 7.89. The molecule has 0 spiro atoms. The van der Waals surface area contributed by atoms with E-state index in [4.69, 9.17) is 4.99 Å². The Morgan fingerprint density at radius 2 is 1.93 bits per heavy atom. The molecule has 0 bridgehead atoms. The third kappa shape index (κ3) is 8.31. The summed E-state index contributed by atoms with van der Waals surface area (Å²) in [4.78, 5) is 9.72. The standard InChI is InChI=1S/C22H39N5/c1-5-23-22(25-21-12-16-27(17-13-21)19(2)3)24-14-9-15-26(4)18-20-10-7-6-8-11-20/h6-8,10-11,19,21H,5,9,12-18H2,1-4H3,(H2,23,24,25). The maximum absolute atomic E-state index is 4.79. The Kier molecular flexibility index (Phi) is 9.64. The van der Waals surface area contributed by atoms with E-state index in [0.717, 1.165) is 38.6 Å². The van der Waals surface area contributed by atoms with Gasteiger partial charge in [0.1, 0.15) is 0 Å². The van der Waals surface area contributed by atoms with Crippen LogP contribution in [0.2, 0.25) is 0 Å². The summed E-state index contributed by atoms with van der Waals surface area (Å²) in [7, 11) is 2.18. The summed E-state index contributed by atoms with van der Waals surface area (Å²) in [6, 6.07) is 11.8. The summed E-state index contributed by atoms with van der Waals surface area (Å²) in [6.07, 6.45) is 3.47. The summed E-state index contributed by atoms with van der Waals surface area (Å²) in [5.41, 5.74) is 1.37. The Morgan fingerprint density at radius 3 is 2.56 bits per heavy atom. The summed E-state index contributed by atoms with van der Waals surface area (Å²) in [5.74, 6) is 0.978. The first kappa shape index (κ1) is 21.7. The fraction of sp³-hybridized carbons (Fsp3) is 0.682. The van der Waals surface area contributed by atoms with Gasteiger partial charge in [-0.3, -0.25) is 4.99 Å². The van der Waals surface area contributed by atoms with Gasteiger partial charge in [-0.25, -0.2) is 0 Å². The van der Waals surface area contributed by atoms with Gasteiger partial charge in [-0.1, -0.05) is 30.3 Å². The van der Waals surface area contributed by atoms with Crippen LogP contribution in [0.15, 0.2) is 35.3 Å². The Bertz CT molecular complexity index is 535. The van der Waals surface area contributed by atoms with E-state index in [1.54, 1.807) is 0 Å². The molecule has 1 aliphatic heterocycles. The molecule has 0 unspecified atom stereocenters. The van der Waals surface area contributed by atoms with Crippen LogP contribution in [-0.4, -0.2) is 67.6 Å². The SMILES string of the molecule is CCNC(=NCCCN(C)Cc1ccccc1)NC1CCN(C(C)C)CC1. The van der Waals surface area contributed by atoms with E-state index in [1.165, 1.54) is 31.5 Å². The molecule has 0 radical (unpaired) electrons. The van der Waals surface area contributed by atoms with Gasteiger partial charge in [0, 0.05) is 44.8 Å². The van der Waals surface area contributed by atoms with Crippen LogP contribution in [-0.2, 0) is 6.54 Å². The van der Waals surface area contributed by atoms with E-state index in [1.807, 2.05) is 0 Å². The van der Waals surface area contributed by atoms with Crippen molar-refractivity contribution in [2.24, 2.45) is 4.99 Å². The van der Waals surface area contributed by atoms with Crippen molar-refractivity contribution in [3.63, 3.8) is 0 Å². The van der Waals surface area contributed by atoms with E-state index >= 15 is 0 Å². The first-order valence-corrected chi connectivity index (χ1v) is 10.6. The zero-order valence-corrected chi connectivity index (χ0v) is 17.7. The molecule has 2 N–H and O–H groups in total. The predicted molar refractivity (Wildman–Crippen MR) is 116 cm³/mol. The third-order valence-electron chi connectivity index (χ3n) is 5.21. The van der Waals surface area contributed by atoms with Crippen LogP contribution in [0.3, 0.4) is 0 Å². The van der Waals surface area contributed by atoms with Gasteiger partial charge in [0.25, 0.3) is 0 Å². The van der Waals surface area contributed by atoms with Crippen LogP contribution >= 0.6 is 0 Å². The molecule has 5 heteroatoms. The maximum atomic E-state index is 4.79. The van der Waals surface area contributed by atoms with Crippen LogP contribution in [0.4, 0.5) is 0 Å². The molecule has 0 aromatic heterocycles. The van der Waals surface area contributed by atoms with Crippen LogP contribution < -0.4 is 10.6 Å². The zero-order chi connectivity index (χ0) is 19.5. The lowest BCUT2D eigenvalue weighted by Gasteiger charge is -2.35. The van der Waals surface area contributed by atoms with E-state index in [0.29, 0.717) is 12.1 Å². The smallest absolute Gasteiger partial charge is 0.191 e. The molecule has 2 rings (SSSR count). The highest BCUT2D eigenvalue weighted by atomic mass is 15.2. The van der Waals surface area contributed by atoms with Gasteiger partial charge >= 0.3 is 0 Å². The highest BCUT2D eigenvalue weighted by Gasteiger charge is 2.21. The van der Waals surface area contributed by atoms with Crippen LogP contribution in [0.25, 0.3) is 0 Å². The number of rotatable bonds is 9. The quantitative estimate of drug-likeness (QED) is 0.397. The minimum absolute atomic E-state index is 0.540. The van der Waals surface area contributed by atoms with E-state index in [9.17, 15) is 0 Å². The minimum Gasteiger partial charge on any atom is -0.357 e. The van der Waals surface area contributed by atoms with Crippen molar-refractivity contribution >= 4 is 5.96 Å². The number of hydrogen-bond donors (Lipinski definition) is 2. The van der Waals surface area contributed by atoms with Gasteiger partial charge in [-0.05, 0) is 59.2 Å². The molecular weight excluding hydrogens is 334 g/mol. The monoisotopic (exact) mass is 373 g/mol. The van der Waals surface area contributed by atoms with E-state index < -0.39 is 0 Å². The van der Waals surface area contributed by atoms with Gasteiger partial charge < -0.3 is 20.4 Å². The second kappa shape index (κ2) is 12.0. The highest BCUT2D eigenvalue weighted by molar-refractivity contribution is 5.80. The molecule has 5 nitrogen and oxygen atoms in total. The minimum atomic E-state index is 0.540. The molecule has 0 saturated carbocycles. The Labute approximate surface area is 166 Å². The van der Waals surface area contributed by atoms with Crippen LogP contribution in [0, 0.1) is 0 Å². The van der Waals surface area contributed by atoms with Crippen molar-refractivity contribution in [3.8, 4) is 0 Å². The average molecular weight is 374 g/mol. The molecule has 0 amide bonds. The van der Waals surface area contributed by atoms with Crippen molar-refractivity contribution < 1.29 is 0 Å². The highest BCUT2D eigenvalue weighted by Crippen LogP contribution is 2.12. The molecule has 0 atom stereocenters. The van der Waals surface area contributed by atoms with Crippen molar-refractivity contribution in [1.82, 2.24) is 20.4 Å². The number of aliphatic imine (C=N–C) groups is 1. The van der Waals surface area contributed by atoms with Gasteiger partial charge in [0.15, 0.2) is 5.96 Å². The Balaban J connectivity index is 1.70. The van der Waals surface area contributed by atoms with E-state index in [-0.39, 0.29) is 0 Å². The van der Waals surface area contributed by atoms with E-state index in [2.05, 4.69) is 78.6 Å². The topological polar surface area (TPSA) is 42.9 Å². The normalized spacial score (nSPS) is 16.9. The predicted octanol–water partition coefficient (Wildman–Crippen LogP) is 2.94. The Morgan fingerprint density at radius 1 is 1.22 bits per heavy atom. The second-order valence-corrected chi connectivity index (χ2v) is 7.89. The zero-order valence-electron chi connectivity index (χ0n) is 17.7. The number of benzene rings is 1. The number of hydrogen-bond acceptors (Lipinski definition) is 3. The maximum Gasteiger partial charge on any atom is 0.191 e. The summed E-state index contributed by atoms with van der Waals surface area (Å²) in [5, 5.41) is 7.05. The first-order chi connectivity index (χ1) is 13.1. The number of nitrogens with one attached hydrogen (secondary N) is 2. The molecule has 0 aliphatic carbocycles. The molecule has 152 valence electrons. The summed E-state index contributed by atoms with van der Waals surface area (Å²) < 4.78 is 0. The molecule has 1 heterocycles. The van der Waals surface area contributed by atoms with Crippen LogP contribution in [0.5, 0.6) is 0 Å². The molecule has 1 fully saturated rings. The number of likely N-dealkylation sites (tertiary alicyclic amines) is 1. The van der Waals surface area contributed by atoms with Gasteiger partial charge in [0.2, 0.25) is 0 Å². The van der Waals surface area contributed by atoms with Gasteiger partial charge in [-0.15, -0.1) is 0 Å². The fourth-order valence-corrected chi connectivity index (χ4v) is 3.58. The molecule has 1 aromatic carbocycles. The molecule has 1 aromatic rings. The van der Waals surface area contributed by atoms with Crippen molar-refractivity contribution in [2.75, 3.05) is 39.8 Å². The van der Waals surface area contributed by atoms with Gasteiger partial charge in [0.05, 0.1) is 0 Å². The van der Waals surface area contributed by atoms with Gasteiger partial charge in [-0.2, -0.15) is 0 Å². The lowest BCUT2D eigenvalue weighted by molar-refractivity contribution is 0.167. The first-order valence-electron chi connectivity index (χ1n) is 10.6. The largest absolute Gasteiger partial charge is 0.357 e. The lowest BCUT2D eigenvalue weighted by Crippen LogP contribution is -2.49. The summed E-state index contributed by atoms with van der Waals surface area (Å²) >= 11 is 0. The van der Waals surface area contributed by atoms with Crippen molar-refractivity contribution in [1.29, 1.82) is 0 Å². The lowest BCUT2D eigenvalue weighted by atomic mass is 10.0. The number of nitrogens with zero attached hydrogens (tertiary/aromatic N) is 3. The fourth-order valence-electron chi connectivity index (χ4n) is 3.58. The number of guanidine groups is 1. The molecule has 1 saturated heterocycles. The number of piperidine rings is 1. The molecule has 27 heavy (non-hydrogen) atoms. The average Bonchev–Trinajstić information content (AvgIpc) is 2.66. The summed E-state index contributed by atoms with van der Waals surface area (Å²) in [6.45, 7) is 12.9. The van der Waals surface area contributed by atoms with Crippen molar-refractivity contribution in [3.05, 3.63) is 35.9 Å².